The molecule has 1 aliphatic rings. The smallest absolute Gasteiger partial charge is 0.125 e. The molecule has 6 heteroatoms. The van der Waals surface area contributed by atoms with Crippen LogP contribution < -0.4 is 0 Å². The van der Waals surface area contributed by atoms with Gasteiger partial charge in [0.1, 0.15) is 11.9 Å². The number of hydrogen-bond donors (Lipinski definition) is 0. The number of aromatic nitrogens is 4. The molecule has 21 heavy (non-hydrogen) atoms. The zero-order valence-corrected chi connectivity index (χ0v) is 12.4. The predicted molar refractivity (Wildman–Crippen MR) is 77.5 cm³/mol. The van der Waals surface area contributed by atoms with Crippen molar-refractivity contribution in [3.8, 4) is 0 Å². The summed E-state index contributed by atoms with van der Waals surface area (Å²) >= 11 is 0. The Balaban J connectivity index is 1.67. The summed E-state index contributed by atoms with van der Waals surface area (Å²) in [4.78, 5) is 19.6. The van der Waals surface area contributed by atoms with Crippen LogP contribution in [0.4, 0.5) is 0 Å². The van der Waals surface area contributed by atoms with Crippen LogP contribution in [0, 0.1) is 13.8 Å². The van der Waals surface area contributed by atoms with Crippen molar-refractivity contribution >= 4 is 0 Å². The SMILES string of the molecule is Cc1cnc([C@H]2CN(Cc3ccnc(C)n3)CCO2)cn1. The second-order valence-corrected chi connectivity index (χ2v) is 5.27. The normalized spacial score (nSPS) is 19.6. The molecule has 0 radical (unpaired) electrons. The topological polar surface area (TPSA) is 64.0 Å². The maximum Gasteiger partial charge on any atom is 0.125 e. The zero-order valence-electron chi connectivity index (χ0n) is 12.4. The van der Waals surface area contributed by atoms with Gasteiger partial charge in [-0.15, -0.1) is 0 Å². The van der Waals surface area contributed by atoms with Crippen molar-refractivity contribution in [1.29, 1.82) is 0 Å². The Bertz CT molecular complexity index is 601. The average Bonchev–Trinajstić information content (AvgIpc) is 2.48. The van der Waals surface area contributed by atoms with E-state index in [-0.39, 0.29) is 6.10 Å². The van der Waals surface area contributed by atoms with E-state index in [1.807, 2.05) is 19.9 Å². The van der Waals surface area contributed by atoms with Gasteiger partial charge in [0.25, 0.3) is 0 Å². The molecule has 2 aromatic heterocycles. The van der Waals surface area contributed by atoms with E-state index in [4.69, 9.17) is 4.74 Å². The summed E-state index contributed by atoms with van der Waals surface area (Å²) in [6.07, 6.45) is 5.37. The number of rotatable bonds is 3. The molecule has 2 aromatic rings. The summed E-state index contributed by atoms with van der Waals surface area (Å²) in [5, 5.41) is 0. The van der Waals surface area contributed by atoms with Crippen LogP contribution in [0.5, 0.6) is 0 Å². The molecular formula is C15H19N5O. The molecule has 1 atom stereocenters. The van der Waals surface area contributed by atoms with Crippen LogP contribution in [0.3, 0.4) is 0 Å². The minimum atomic E-state index is -0.0187. The third-order valence-electron chi connectivity index (χ3n) is 3.50. The van der Waals surface area contributed by atoms with Crippen molar-refractivity contribution in [3.05, 3.63) is 47.6 Å². The van der Waals surface area contributed by atoms with Gasteiger partial charge in [0.2, 0.25) is 0 Å². The maximum absolute atomic E-state index is 5.82. The van der Waals surface area contributed by atoms with Crippen LogP contribution in [0.1, 0.15) is 29.0 Å². The van der Waals surface area contributed by atoms with Gasteiger partial charge >= 0.3 is 0 Å². The second kappa shape index (κ2) is 6.24. The van der Waals surface area contributed by atoms with Gasteiger partial charge in [-0.25, -0.2) is 9.97 Å². The number of hydrogen-bond acceptors (Lipinski definition) is 6. The van der Waals surface area contributed by atoms with Gasteiger partial charge in [-0.05, 0) is 19.9 Å². The lowest BCUT2D eigenvalue weighted by Gasteiger charge is -2.32. The Hall–Kier alpha value is -1.92. The Morgan fingerprint density at radius 1 is 1.24 bits per heavy atom. The number of morpholine rings is 1. The highest BCUT2D eigenvalue weighted by molar-refractivity contribution is 5.06. The first-order valence-corrected chi connectivity index (χ1v) is 7.12. The summed E-state index contributed by atoms with van der Waals surface area (Å²) in [7, 11) is 0. The van der Waals surface area contributed by atoms with E-state index >= 15 is 0 Å². The van der Waals surface area contributed by atoms with Gasteiger partial charge in [0.15, 0.2) is 0 Å². The van der Waals surface area contributed by atoms with Crippen molar-refractivity contribution in [2.75, 3.05) is 19.7 Å². The molecule has 0 unspecified atom stereocenters. The number of aryl methyl sites for hydroxylation is 2. The first-order valence-electron chi connectivity index (χ1n) is 7.12. The van der Waals surface area contributed by atoms with Crippen LogP contribution in [0.25, 0.3) is 0 Å². The molecule has 3 heterocycles. The highest BCUT2D eigenvalue weighted by atomic mass is 16.5. The van der Waals surface area contributed by atoms with Gasteiger partial charge in [0.05, 0.1) is 29.9 Å². The first kappa shape index (κ1) is 14.0. The van der Waals surface area contributed by atoms with Gasteiger partial charge < -0.3 is 4.74 Å². The van der Waals surface area contributed by atoms with Crippen LogP contribution in [-0.4, -0.2) is 44.5 Å². The third-order valence-corrected chi connectivity index (χ3v) is 3.50. The van der Waals surface area contributed by atoms with E-state index in [9.17, 15) is 0 Å². The third kappa shape index (κ3) is 3.59. The summed E-state index contributed by atoms with van der Waals surface area (Å²) in [5.41, 5.74) is 2.85. The van der Waals surface area contributed by atoms with Gasteiger partial charge in [-0.2, -0.15) is 0 Å². The lowest BCUT2D eigenvalue weighted by Crippen LogP contribution is -2.38. The highest BCUT2D eigenvalue weighted by Crippen LogP contribution is 2.20. The zero-order chi connectivity index (χ0) is 14.7. The Labute approximate surface area is 124 Å². The largest absolute Gasteiger partial charge is 0.369 e. The molecule has 110 valence electrons. The summed E-state index contributed by atoms with van der Waals surface area (Å²) in [6.45, 7) is 7.06. The number of nitrogens with zero attached hydrogens (tertiary/aromatic N) is 5. The summed E-state index contributed by atoms with van der Waals surface area (Å²) in [5.74, 6) is 0.807. The standard InChI is InChI=1S/C15H19N5O/c1-11-7-18-14(8-17-11)15-10-20(5-6-21-15)9-13-3-4-16-12(2)19-13/h3-4,7-8,15H,5-6,9-10H2,1-2H3/t15-/m1/s1. The van der Waals surface area contributed by atoms with Crippen LogP contribution >= 0.6 is 0 Å². The molecule has 0 aliphatic carbocycles. The molecular weight excluding hydrogens is 266 g/mol. The predicted octanol–water partition coefficient (Wildman–Crippen LogP) is 1.46. The van der Waals surface area contributed by atoms with E-state index in [0.29, 0.717) is 6.61 Å². The van der Waals surface area contributed by atoms with Crippen LogP contribution in [-0.2, 0) is 11.3 Å². The molecule has 0 saturated carbocycles. The van der Waals surface area contributed by atoms with Crippen molar-refractivity contribution < 1.29 is 4.74 Å². The molecule has 0 spiro atoms. The van der Waals surface area contributed by atoms with E-state index in [2.05, 4.69) is 24.8 Å². The van der Waals surface area contributed by atoms with Crippen LogP contribution in [0.15, 0.2) is 24.7 Å². The monoisotopic (exact) mass is 285 g/mol. The van der Waals surface area contributed by atoms with Gasteiger partial charge in [-0.1, -0.05) is 0 Å². The Kier molecular flexibility index (Phi) is 4.17. The van der Waals surface area contributed by atoms with Crippen molar-refractivity contribution in [2.24, 2.45) is 0 Å². The molecule has 0 aromatic carbocycles. The van der Waals surface area contributed by atoms with Crippen molar-refractivity contribution in [2.45, 2.75) is 26.5 Å². The first-order chi connectivity index (χ1) is 10.2. The van der Waals surface area contributed by atoms with E-state index in [0.717, 1.165) is 42.5 Å². The summed E-state index contributed by atoms with van der Waals surface area (Å²) < 4.78 is 5.82. The highest BCUT2D eigenvalue weighted by Gasteiger charge is 2.23. The lowest BCUT2D eigenvalue weighted by molar-refractivity contribution is -0.0355. The summed E-state index contributed by atoms with van der Waals surface area (Å²) in [6, 6.07) is 1.96. The molecule has 1 aliphatic heterocycles. The minimum Gasteiger partial charge on any atom is -0.369 e. The van der Waals surface area contributed by atoms with E-state index in [1.165, 1.54) is 0 Å². The molecule has 6 nitrogen and oxygen atoms in total. The number of ether oxygens (including phenoxy) is 1. The fraction of sp³-hybridized carbons (Fsp3) is 0.467. The van der Waals surface area contributed by atoms with Crippen molar-refractivity contribution in [3.63, 3.8) is 0 Å². The maximum atomic E-state index is 5.82. The van der Waals surface area contributed by atoms with Gasteiger partial charge in [0, 0.05) is 32.0 Å². The molecule has 0 amide bonds. The molecule has 0 bridgehead atoms. The van der Waals surface area contributed by atoms with Crippen LogP contribution in [0.2, 0.25) is 0 Å². The molecule has 3 rings (SSSR count). The quantitative estimate of drug-likeness (QED) is 0.850. The molecule has 1 saturated heterocycles. The minimum absolute atomic E-state index is 0.0187. The lowest BCUT2D eigenvalue weighted by atomic mass is 10.2. The fourth-order valence-electron chi connectivity index (χ4n) is 2.42. The van der Waals surface area contributed by atoms with Crippen molar-refractivity contribution in [1.82, 2.24) is 24.8 Å². The van der Waals surface area contributed by atoms with E-state index < -0.39 is 0 Å². The second-order valence-electron chi connectivity index (χ2n) is 5.27. The van der Waals surface area contributed by atoms with Gasteiger partial charge in [-0.3, -0.25) is 14.9 Å². The fourth-order valence-corrected chi connectivity index (χ4v) is 2.42. The Morgan fingerprint density at radius 3 is 2.90 bits per heavy atom. The molecule has 0 N–H and O–H groups in total. The Morgan fingerprint density at radius 2 is 2.14 bits per heavy atom. The van der Waals surface area contributed by atoms with E-state index in [1.54, 1.807) is 18.6 Å². The average molecular weight is 285 g/mol. The molecule has 1 fully saturated rings.